The monoisotopic (exact) mass is 357 g/mol. The highest BCUT2D eigenvalue weighted by Gasteiger charge is 2.03. The largest absolute Gasteiger partial charge is 0.310 e. The molecule has 17 heavy (non-hydrogen) atoms. The molecule has 0 fully saturated rings. The molecule has 1 heterocycles. The number of benzene rings is 1. The van der Waals surface area contributed by atoms with Crippen molar-refractivity contribution in [2.24, 2.45) is 0 Å². The zero-order valence-electron chi connectivity index (χ0n) is 9.82. The fourth-order valence-electron chi connectivity index (χ4n) is 1.70. The van der Waals surface area contributed by atoms with Crippen LogP contribution in [0, 0.1) is 3.57 Å². The van der Waals surface area contributed by atoms with Crippen LogP contribution in [0.2, 0.25) is 0 Å². The van der Waals surface area contributed by atoms with Crippen molar-refractivity contribution < 1.29 is 0 Å². The summed E-state index contributed by atoms with van der Waals surface area (Å²) in [4.78, 5) is 1.45. The molecule has 1 aromatic carbocycles. The molecule has 0 saturated heterocycles. The third kappa shape index (κ3) is 4.41. The molecule has 0 saturated carbocycles. The van der Waals surface area contributed by atoms with Gasteiger partial charge in [0.15, 0.2) is 0 Å². The van der Waals surface area contributed by atoms with Crippen molar-refractivity contribution >= 4 is 33.9 Å². The maximum absolute atomic E-state index is 3.56. The number of nitrogens with one attached hydrogen (secondary N) is 1. The summed E-state index contributed by atoms with van der Waals surface area (Å²) < 4.78 is 1.29. The van der Waals surface area contributed by atoms with Gasteiger partial charge in [0.2, 0.25) is 0 Å². The zero-order chi connectivity index (χ0) is 12.1. The summed E-state index contributed by atoms with van der Waals surface area (Å²) in [5, 5.41) is 5.70. The Morgan fingerprint density at radius 3 is 2.65 bits per heavy atom. The zero-order valence-corrected chi connectivity index (χ0v) is 12.8. The van der Waals surface area contributed by atoms with E-state index < -0.39 is 0 Å². The van der Waals surface area contributed by atoms with E-state index in [1.54, 1.807) is 0 Å². The molecule has 3 heteroatoms. The van der Waals surface area contributed by atoms with Crippen molar-refractivity contribution in [3.8, 4) is 0 Å². The van der Waals surface area contributed by atoms with Crippen LogP contribution in [0.5, 0.6) is 0 Å². The van der Waals surface area contributed by atoms with Gasteiger partial charge in [-0.1, -0.05) is 18.2 Å². The smallest absolute Gasteiger partial charge is 0.0208 e. The van der Waals surface area contributed by atoms with E-state index in [1.165, 1.54) is 14.0 Å². The average molecular weight is 357 g/mol. The van der Waals surface area contributed by atoms with E-state index in [0.29, 0.717) is 6.04 Å². The lowest BCUT2D eigenvalue weighted by atomic mass is 10.2. The second kappa shape index (κ2) is 6.52. The molecule has 1 atom stereocenters. The van der Waals surface area contributed by atoms with Gasteiger partial charge in [0.25, 0.3) is 0 Å². The molecule has 2 aromatic rings. The molecule has 0 bridgehead atoms. The van der Waals surface area contributed by atoms with Crippen molar-refractivity contribution in [2.75, 3.05) is 0 Å². The second-order valence-electron chi connectivity index (χ2n) is 4.19. The van der Waals surface area contributed by atoms with Crippen molar-refractivity contribution in [1.29, 1.82) is 0 Å². The van der Waals surface area contributed by atoms with Gasteiger partial charge in [-0.05, 0) is 65.1 Å². The lowest BCUT2D eigenvalue weighted by Gasteiger charge is -2.12. The molecule has 0 amide bonds. The van der Waals surface area contributed by atoms with Crippen LogP contribution >= 0.6 is 33.9 Å². The molecule has 90 valence electrons. The van der Waals surface area contributed by atoms with Crippen LogP contribution < -0.4 is 5.32 Å². The predicted octanol–water partition coefficient (Wildman–Crippen LogP) is 4.07. The van der Waals surface area contributed by atoms with E-state index in [2.05, 4.69) is 76.6 Å². The minimum Gasteiger partial charge on any atom is -0.310 e. The highest BCUT2D eigenvalue weighted by atomic mass is 127. The first-order valence-electron chi connectivity index (χ1n) is 5.74. The topological polar surface area (TPSA) is 12.0 Å². The Labute approximate surface area is 120 Å². The lowest BCUT2D eigenvalue weighted by molar-refractivity contribution is 0.548. The van der Waals surface area contributed by atoms with Crippen LogP contribution in [0.15, 0.2) is 41.8 Å². The normalized spacial score (nSPS) is 12.6. The Morgan fingerprint density at radius 1 is 1.24 bits per heavy atom. The Bertz CT molecular complexity index is 436. The molecule has 1 unspecified atom stereocenters. The minimum atomic E-state index is 0.521. The first-order valence-corrected chi connectivity index (χ1v) is 7.70. The van der Waals surface area contributed by atoms with Crippen molar-refractivity contribution in [3.63, 3.8) is 0 Å². The van der Waals surface area contributed by atoms with Crippen LogP contribution in [0.1, 0.15) is 17.4 Å². The third-order valence-corrected chi connectivity index (χ3v) is 4.27. The van der Waals surface area contributed by atoms with E-state index >= 15 is 0 Å². The maximum atomic E-state index is 3.56. The van der Waals surface area contributed by atoms with Gasteiger partial charge in [-0.15, -0.1) is 11.3 Å². The van der Waals surface area contributed by atoms with E-state index in [-0.39, 0.29) is 0 Å². The highest BCUT2D eigenvalue weighted by molar-refractivity contribution is 14.1. The van der Waals surface area contributed by atoms with Crippen LogP contribution in [-0.4, -0.2) is 6.04 Å². The lowest BCUT2D eigenvalue weighted by Crippen LogP contribution is -2.27. The van der Waals surface area contributed by atoms with Gasteiger partial charge in [0.1, 0.15) is 0 Å². The molecular weight excluding hydrogens is 341 g/mol. The van der Waals surface area contributed by atoms with E-state index in [9.17, 15) is 0 Å². The van der Waals surface area contributed by atoms with Crippen molar-refractivity contribution in [3.05, 3.63) is 55.8 Å². The Kier molecular flexibility index (Phi) is 5.00. The first-order chi connectivity index (χ1) is 8.24. The van der Waals surface area contributed by atoms with Gasteiger partial charge in [-0.3, -0.25) is 0 Å². The molecule has 1 nitrogen and oxygen atoms in total. The van der Waals surface area contributed by atoms with Gasteiger partial charge in [0, 0.05) is 21.0 Å². The second-order valence-corrected chi connectivity index (χ2v) is 6.47. The molecular formula is C14H16INS. The molecule has 1 aromatic heterocycles. The molecule has 0 aliphatic rings. The highest BCUT2D eigenvalue weighted by Crippen LogP contribution is 2.11. The van der Waals surface area contributed by atoms with Gasteiger partial charge in [0.05, 0.1) is 0 Å². The SMILES string of the molecule is CC(Cc1cccs1)NCc1ccc(I)cc1. The van der Waals surface area contributed by atoms with Gasteiger partial charge in [-0.2, -0.15) is 0 Å². The van der Waals surface area contributed by atoms with Crippen molar-refractivity contribution in [1.82, 2.24) is 5.32 Å². The number of thiophene rings is 1. The maximum Gasteiger partial charge on any atom is 0.0208 e. The number of hydrogen-bond donors (Lipinski definition) is 1. The summed E-state index contributed by atoms with van der Waals surface area (Å²) in [6.45, 7) is 3.19. The Hall–Kier alpha value is -0.390. The van der Waals surface area contributed by atoms with Crippen LogP contribution in [0.3, 0.4) is 0 Å². The standard InChI is InChI=1S/C14H16INS/c1-11(9-14-3-2-8-17-14)16-10-12-4-6-13(15)7-5-12/h2-8,11,16H,9-10H2,1H3. The summed E-state index contributed by atoms with van der Waals surface area (Å²) >= 11 is 4.17. The van der Waals surface area contributed by atoms with Crippen LogP contribution in [0.4, 0.5) is 0 Å². The molecule has 0 aliphatic carbocycles. The number of hydrogen-bond acceptors (Lipinski definition) is 2. The third-order valence-electron chi connectivity index (χ3n) is 2.66. The van der Waals surface area contributed by atoms with E-state index in [4.69, 9.17) is 0 Å². The summed E-state index contributed by atoms with van der Waals surface area (Å²) in [6, 6.07) is 13.5. The van der Waals surface area contributed by atoms with E-state index in [1.807, 2.05) is 11.3 Å². The average Bonchev–Trinajstić information content (AvgIpc) is 2.81. The molecule has 1 N–H and O–H groups in total. The molecule has 0 spiro atoms. The van der Waals surface area contributed by atoms with Crippen LogP contribution in [-0.2, 0) is 13.0 Å². The van der Waals surface area contributed by atoms with Crippen LogP contribution in [0.25, 0.3) is 0 Å². The fraction of sp³-hybridized carbons (Fsp3) is 0.286. The van der Waals surface area contributed by atoms with Gasteiger partial charge < -0.3 is 5.32 Å². The van der Waals surface area contributed by atoms with E-state index in [0.717, 1.165) is 13.0 Å². The summed E-state index contributed by atoms with van der Waals surface area (Å²) in [7, 11) is 0. The number of halogens is 1. The minimum absolute atomic E-state index is 0.521. The molecule has 0 radical (unpaired) electrons. The van der Waals surface area contributed by atoms with Gasteiger partial charge in [-0.25, -0.2) is 0 Å². The summed E-state index contributed by atoms with van der Waals surface area (Å²) in [5.41, 5.74) is 1.35. The molecule has 0 aliphatic heterocycles. The fourth-order valence-corrected chi connectivity index (χ4v) is 2.89. The number of rotatable bonds is 5. The quantitative estimate of drug-likeness (QED) is 0.796. The summed E-state index contributed by atoms with van der Waals surface area (Å²) in [5.74, 6) is 0. The predicted molar refractivity (Wildman–Crippen MR) is 83.5 cm³/mol. The Morgan fingerprint density at radius 2 is 2.00 bits per heavy atom. The van der Waals surface area contributed by atoms with Gasteiger partial charge >= 0.3 is 0 Å². The Balaban J connectivity index is 1.79. The van der Waals surface area contributed by atoms with Crippen molar-refractivity contribution in [2.45, 2.75) is 25.9 Å². The summed E-state index contributed by atoms with van der Waals surface area (Å²) in [6.07, 6.45) is 1.11. The first kappa shape index (κ1) is 13.1. The molecule has 2 rings (SSSR count).